The molecule has 16 heavy (non-hydrogen) atoms. The number of aromatic nitrogens is 4. The first-order valence-electron chi connectivity index (χ1n) is 5.47. The third kappa shape index (κ3) is 2.55. The Bertz CT molecular complexity index is 468. The van der Waals surface area contributed by atoms with Crippen molar-refractivity contribution in [1.29, 1.82) is 0 Å². The first-order chi connectivity index (χ1) is 7.56. The number of rotatable bonds is 3. The molecule has 5 nitrogen and oxygen atoms in total. The maximum absolute atomic E-state index is 4.22. The molecule has 86 valence electrons. The average molecular weight is 219 g/mol. The van der Waals surface area contributed by atoms with Gasteiger partial charge in [0.1, 0.15) is 0 Å². The number of nitrogens with one attached hydrogen (secondary N) is 1. The van der Waals surface area contributed by atoms with Gasteiger partial charge in [-0.05, 0) is 32.9 Å². The summed E-state index contributed by atoms with van der Waals surface area (Å²) in [5, 5.41) is 15.8. The van der Waals surface area contributed by atoms with Crippen molar-refractivity contribution >= 4 is 5.65 Å². The number of hydrogen-bond acceptors (Lipinski definition) is 4. The highest BCUT2D eigenvalue weighted by Gasteiger charge is 2.10. The van der Waals surface area contributed by atoms with E-state index in [1.807, 2.05) is 12.1 Å². The molecule has 0 spiro atoms. The van der Waals surface area contributed by atoms with E-state index in [1.165, 1.54) is 0 Å². The zero-order valence-electron chi connectivity index (χ0n) is 9.94. The summed E-state index contributed by atoms with van der Waals surface area (Å²) in [6, 6.07) is 3.77. The minimum Gasteiger partial charge on any atom is -0.312 e. The zero-order valence-corrected chi connectivity index (χ0v) is 9.94. The van der Waals surface area contributed by atoms with Crippen LogP contribution >= 0.6 is 0 Å². The Morgan fingerprint density at radius 2 is 2.12 bits per heavy atom. The Morgan fingerprint density at radius 3 is 2.88 bits per heavy atom. The minimum atomic E-state index is 0.133. The van der Waals surface area contributed by atoms with Gasteiger partial charge in [-0.2, -0.15) is 9.61 Å². The van der Waals surface area contributed by atoms with Crippen molar-refractivity contribution in [2.75, 3.05) is 6.54 Å². The van der Waals surface area contributed by atoms with Crippen LogP contribution in [0, 0.1) is 0 Å². The lowest BCUT2D eigenvalue weighted by Gasteiger charge is -2.19. The van der Waals surface area contributed by atoms with Gasteiger partial charge in [0.15, 0.2) is 11.5 Å². The monoisotopic (exact) mass is 219 g/mol. The van der Waals surface area contributed by atoms with E-state index in [-0.39, 0.29) is 5.54 Å². The van der Waals surface area contributed by atoms with E-state index in [9.17, 15) is 0 Å². The molecule has 0 saturated heterocycles. The molecule has 0 atom stereocenters. The molecule has 2 aromatic rings. The largest absolute Gasteiger partial charge is 0.312 e. The molecule has 0 aliphatic rings. The molecule has 0 unspecified atom stereocenters. The van der Waals surface area contributed by atoms with Gasteiger partial charge in [0.2, 0.25) is 0 Å². The lowest BCUT2D eigenvalue weighted by Crippen LogP contribution is -2.37. The smallest absolute Gasteiger partial charge is 0.177 e. The predicted molar refractivity (Wildman–Crippen MR) is 62.2 cm³/mol. The standard InChI is InChI=1S/C11H17N5/c1-11(2,3)12-8-6-10-15-14-9-5-4-7-13-16(9)10/h4-5,7,12H,6,8H2,1-3H3. The topological polar surface area (TPSA) is 55.1 Å². The van der Waals surface area contributed by atoms with Crippen molar-refractivity contribution in [2.24, 2.45) is 0 Å². The molecule has 0 radical (unpaired) electrons. The summed E-state index contributed by atoms with van der Waals surface area (Å²) in [5.41, 5.74) is 0.932. The second-order valence-electron chi connectivity index (χ2n) is 4.84. The molecule has 0 saturated carbocycles. The van der Waals surface area contributed by atoms with Crippen molar-refractivity contribution in [3.8, 4) is 0 Å². The molecule has 0 bridgehead atoms. The highest BCUT2D eigenvalue weighted by atomic mass is 15.4. The van der Waals surface area contributed by atoms with Crippen LogP contribution in [0.3, 0.4) is 0 Å². The van der Waals surface area contributed by atoms with E-state index in [0.717, 1.165) is 24.4 Å². The van der Waals surface area contributed by atoms with E-state index in [0.29, 0.717) is 0 Å². The lowest BCUT2D eigenvalue weighted by molar-refractivity contribution is 0.426. The van der Waals surface area contributed by atoms with E-state index in [4.69, 9.17) is 0 Å². The third-order valence-corrected chi connectivity index (χ3v) is 2.25. The van der Waals surface area contributed by atoms with Gasteiger partial charge in [0, 0.05) is 24.7 Å². The van der Waals surface area contributed by atoms with Crippen molar-refractivity contribution in [1.82, 2.24) is 25.1 Å². The Morgan fingerprint density at radius 1 is 1.31 bits per heavy atom. The second kappa shape index (κ2) is 4.17. The molecule has 2 aromatic heterocycles. The molecule has 5 heteroatoms. The quantitative estimate of drug-likeness (QED) is 0.838. The molecule has 0 aliphatic heterocycles. The molecule has 0 aliphatic carbocycles. The van der Waals surface area contributed by atoms with Crippen molar-refractivity contribution in [3.63, 3.8) is 0 Å². The van der Waals surface area contributed by atoms with Crippen LogP contribution in [-0.4, -0.2) is 31.9 Å². The molecule has 2 heterocycles. The molecule has 0 aromatic carbocycles. The van der Waals surface area contributed by atoms with Gasteiger partial charge < -0.3 is 5.32 Å². The second-order valence-corrected chi connectivity index (χ2v) is 4.84. The summed E-state index contributed by atoms with van der Waals surface area (Å²) in [6.07, 6.45) is 2.58. The van der Waals surface area contributed by atoms with Crippen LogP contribution in [0.4, 0.5) is 0 Å². The highest BCUT2D eigenvalue weighted by Crippen LogP contribution is 2.02. The number of nitrogens with zero attached hydrogens (tertiary/aromatic N) is 4. The van der Waals surface area contributed by atoms with Gasteiger partial charge in [0.05, 0.1) is 0 Å². The van der Waals surface area contributed by atoms with Gasteiger partial charge in [-0.3, -0.25) is 0 Å². The van der Waals surface area contributed by atoms with E-state index < -0.39 is 0 Å². The maximum Gasteiger partial charge on any atom is 0.177 e. The first-order valence-corrected chi connectivity index (χ1v) is 5.47. The van der Waals surface area contributed by atoms with Crippen LogP contribution in [-0.2, 0) is 6.42 Å². The molecule has 1 N–H and O–H groups in total. The fraction of sp³-hybridized carbons (Fsp3) is 0.545. The van der Waals surface area contributed by atoms with Crippen LogP contribution < -0.4 is 5.32 Å². The first kappa shape index (κ1) is 11.0. The Kier molecular flexibility index (Phi) is 2.87. The van der Waals surface area contributed by atoms with Gasteiger partial charge in [0.25, 0.3) is 0 Å². The van der Waals surface area contributed by atoms with Gasteiger partial charge in [-0.1, -0.05) is 0 Å². The number of hydrogen-bond donors (Lipinski definition) is 1. The minimum absolute atomic E-state index is 0.133. The molecular weight excluding hydrogens is 202 g/mol. The Balaban J connectivity index is 2.05. The highest BCUT2D eigenvalue weighted by molar-refractivity contribution is 5.34. The van der Waals surface area contributed by atoms with Gasteiger partial charge >= 0.3 is 0 Å². The molecule has 2 rings (SSSR count). The van der Waals surface area contributed by atoms with Crippen LogP contribution in [0.25, 0.3) is 5.65 Å². The van der Waals surface area contributed by atoms with Gasteiger partial charge in [-0.15, -0.1) is 10.2 Å². The Labute approximate surface area is 94.9 Å². The maximum atomic E-state index is 4.22. The van der Waals surface area contributed by atoms with Crippen LogP contribution in [0.1, 0.15) is 26.6 Å². The number of fused-ring (bicyclic) bond motifs is 1. The summed E-state index contributed by atoms with van der Waals surface area (Å²) < 4.78 is 1.78. The predicted octanol–water partition coefficient (Wildman–Crippen LogP) is 1.05. The third-order valence-electron chi connectivity index (χ3n) is 2.25. The van der Waals surface area contributed by atoms with Crippen molar-refractivity contribution in [3.05, 3.63) is 24.2 Å². The molecule has 0 fully saturated rings. The van der Waals surface area contributed by atoms with Crippen molar-refractivity contribution in [2.45, 2.75) is 32.7 Å². The fourth-order valence-electron chi connectivity index (χ4n) is 1.50. The summed E-state index contributed by atoms with van der Waals surface area (Å²) in [4.78, 5) is 0. The summed E-state index contributed by atoms with van der Waals surface area (Å²) >= 11 is 0. The van der Waals surface area contributed by atoms with Crippen molar-refractivity contribution < 1.29 is 0 Å². The van der Waals surface area contributed by atoms with E-state index in [2.05, 4.69) is 41.4 Å². The van der Waals surface area contributed by atoms with Crippen LogP contribution in [0.2, 0.25) is 0 Å². The lowest BCUT2D eigenvalue weighted by atomic mass is 10.1. The van der Waals surface area contributed by atoms with Crippen LogP contribution in [0.15, 0.2) is 18.3 Å². The summed E-state index contributed by atoms with van der Waals surface area (Å²) in [7, 11) is 0. The SMILES string of the molecule is CC(C)(C)NCCc1nnc2cccnn12. The Hall–Kier alpha value is -1.49. The van der Waals surface area contributed by atoms with Crippen LogP contribution in [0.5, 0.6) is 0 Å². The fourth-order valence-corrected chi connectivity index (χ4v) is 1.50. The normalized spacial score (nSPS) is 12.2. The summed E-state index contributed by atoms with van der Waals surface area (Å²) in [5.74, 6) is 0.896. The summed E-state index contributed by atoms with van der Waals surface area (Å²) in [6.45, 7) is 7.31. The molecule has 0 amide bonds. The average Bonchev–Trinajstić information content (AvgIpc) is 2.60. The molecular formula is C11H17N5. The van der Waals surface area contributed by atoms with E-state index in [1.54, 1.807) is 10.7 Å². The zero-order chi connectivity index (χ0) is 11.6. The van der Waals surface area contributed by atoms with Gasteiger partial charge in [-0.25, -0.2) is 0 Å². The van der Waals surface area contributed by atoms with E-state index >= 15 is 0 Å².